The first kappa shape index (κ1) is 24.6. The van der Waals surface area contributed by atoms with Crippen LogP contribution in [0.1, 0.15) is 29.8 Å². The Hall–Kier alpha value is -3.07. The van der Waals surface area contributed by atoms with Gasteiger partial charge in [-0.15, -0.1) is 0 Å². The van der Waals surface area contributed by atoms with E-state index in [1.54, 1.807) is 32.0 Å². The van der Waals surface area contributed by atoms with Crippen LogP contribution in [0.3, 0.4) is 0 Å². The van der Waals surface area contributed by atoms with E-state index in [0.717, 1.165) is 5.56 Å². The van der Waals surface area contributed by atoms with Gasteiger partial charge in [0, 0.05) is 16.6 Å². The van der Waals surface area contributed by atoms with Crippen LogP contribution in [0.4, 0.5) is 5.69 Å². The molecule has 0 aliphatic rings. The molecule has 3 rings (SSSR count). The number of nitrogens with one attached hydrogen (secondary N) is 2. The molecule has 7 nitrogen and oxygen atoms in total. The second-order valence-electron chi connectivity index (χ2n) is 7.65. The first-order chi connectivity index (χ1) is 15.6. The van der Waals surface area contributed by atoms with Crippen molar-refractivity contribution in [1.82, 2.24) is 4.72 Å². The Morgan fingerprint density at radius 1 is 0.970 bits per heavy atom. The van der Waals surface area contributed by atoms with Gasteiger partial charge >= 0.3 is 0 Å². The summed E-state index contributed by atoms with van der Waals surface area (Å²) in [4.78, 5) is 12.9. The molecule has 174 valence electrons. The minimum atomic E-state index is -3.89. The van der Waals surface area contributed by atoms with Crippen molar-refractivity contribution in [2.75, 3.05) is 12.4 Å². The number of carbonyl (C=O) groups excluding carboxylic acids is 1. The summed E-state index contributed by atoms with van der Waals surface area (Å²) < 4.78 is 39.0. The topological polar surface area (TPSA) is 93.7 Å². The van der Waals surface area contributed by atoms with Gasteiger partial charge in [0.2, 0.25) is 10.0 Å². The zero-order valence-electron chi connectivity index (χ0n) is 18.7. The standard InChI is InChI=1S/C24H25ClN2O5S/c1-15(2)27-33(29,30)23-13-17(7-11-22(23)31-4)24(28)26-20-14-18(25)8-12-21(20)32-19-9-5-16(3)6-10-19/h5-15,27H,1-4H3,(H,26,28). The lowest BCUT2D eigenvalue weighted by Gasteiger charge is -2.15. The maximum absolute atomic E-state index is 13.0. The number of amides is 1. The molecule has 0 radical (unpaired) electrons. The molecule has 1 amide bonds. The second-order valence-corrected chi connectivity index (χ2v) is 9.77. The minimum absolute atomic E-state index is 0.126. The zero-order chi connectivity index (χ0) is 24.2. The Balaban J connectivity index is 1.92. The molecule has 9 heteroatoms. The van der Waals surface area contributed by atoms with Crippen LogP contribution in [0.5, 0.6) is 17.2 Å². The third-order valence-electron chi connectivity index (χ3n) is 4.54. The van der Waals surface area contributed by atoms with Gasteiger partial charge < -0.3 is 14.8 Å². The number of anilines is 1. The number of carbonyl (C=O) groups is 1. The quantitative estimate of drug-likeness (QED) is 0.443. The van der Waals surface area contributed by atoms with E-state index in [0.29, 0.717) is 22.2 Å². The van der Waals surface area contributed by atoms with Gasteiger partial charge in [-0.05, 0) is 69.3 Å². The molecule has 0 saturated heterocycles. The molecule has 0 bridgehead atoms. The summed E-state index contributed by atoms with van der Waals surface area (Å²) in [5.74, 6) is 0.580. The third kappa shape index (κ3) is 6.25. The van der Waals surface area contributed by atoms with E-state index in [1.807, 2.05) is 31.2 Å². The summed E-state index contributed by atoms with van der Waals surface area (Å²) >= 11 is 6.13. The van der Waals surface area contributed by atoms with Crippen molar-refractivity contribution in [2.24, 2.45) is 0 Å². The Kier molecular flexibility index (Phi) is 7.63. The molecule has 0 unspecified atom stereocenters. The molecule has 0 aliphatic carbocycles. The lowest BCUT2D eigenvalue weighted by molar-refractivity contribution is 0.102. The van der Waals surface area contributed by atoms with Crippen LogP contribution < -0.4 is 19.5 Å². The van der Waals surface area contributed by atoms with Gasteiger partial charge in [-0.25, -0.2) is 13.1 Å². The molecule has 0 heterocycles. The van der Waals surface area contributed by atoms with Crippen LogP contribution in [0, 0.1) is 6.92 Å². The van der Waals surface area contributed by atoms with E-state index in [2.05, 4.69) is 10.0 Å². The monoisotopic (exact) mass is 488 g/mol. The lowest BCUT2D eigenvalue weighted by Crippen LogP contribution is -2.30. The van der Waals surface area contributed by atoms with Crippen LogP contribution in [0.25, 0.3) is 0 Å². The smallest absolute Gasteiger partial charge is 0.255 e. The SMILES string of the molecule is COc1ccc(C(=O)Nc2cc(Cl)ccc2Oc2ccc(C)cc2)cc1S(=O)(=O)NC(C)C. The molecule has 3 aromatic rings. The summed E-state index contributed by atoms with van der Waals surface area (Å²) in [5, 5.41) is 3.16. The number of sulfonamides is 1. The van der Waals surface area contributed by atoms with E-state index in [-0.39, 0.29) is 22.3 Å². The number of halogens is 1. The highest BCUT2D eigenvalue weighted by Gasteiger charge is 2.23. The van der Waals surface area contributed by atoms with E-state index < -0.39 is 15.9 Å². The van der Waals surface area contributed by atoms with Crippen LogP contribution in [-0.2, 0) is 10.0 Å². The second kappa shape index (κ2) is 10.2. The first-order valence-corrected chi connectivity index (χ1v) is 12.0. The van der Waals surface area contributed by atoms with Gasteiger partial charge in [0.05, 0.1) is 12.8 Å². The van der Waals surface area contributed by atoms with Crippen molar-refractivity contribution in [3.63, 3.8) is 0 Å². The van der Waals surface area contributed by atoms with Crippen LogP contribution in [0.2, 0.25) is 5.02 Å². The van der Waals surface area contributed by atoms with Gasteiger partial charge in [-0.3, -0.25) is 4.79 Å². The molecule has 3 aromatic carbocycles. The number of ether oxygens (including phenoxy) is 2. The van der Waals surface area contributed by atoms with Gasteiger partial charge in [0.15, 0.2) is 5.75 Å². The zero-order valence-corrected chi connectivity index (χ0v) is 20.3. The average Bonchev–Trinajstić information content (AvgIpc) is 2.75. The van der Waals surface area contributed by atoms with Crippen molar-refractivity contribution in [1.29, 1.82) is 0 Å². The normalized spacial score (nSPS) is 11.3. The number of aryl methyl sites for hydroxylation is 1. The predicted molar refractivity (Wildman–Crippen MR) is 129 cm³/mol. The highest BCUT2D eigenvalue weighted by Crippen LogP contribution is 2.33. The van der Waals surface area contributed by atoms with E-state index in [4.69, 9.17) is 21.1 Å². The Labute approximate surface area is 198 Å². The van der Waals surface area contributed by atoms with Gasteiger partial charge in [0.25, 0.3) is 5.91 Å². The average molecular weight is 489 g/mol. The summed E-state index contributed by atoms with van der Waals surface area (Å²) in [5.41, 5.74) is 1.55. The van der Waals surface area contributed by atoms with Gasteiger partial charge in [0.1, 0.15) is 16.4 Å². The van der Waals surface area contributed by atoms with Crippen molar-refractivity contribution in [3.8, 4) is 17.2 Å². The fourth-order valence-corrected chi connectivity index (χ4v) is 4.64. The number of hydrogen-bond acceptors (Lipinski definition) is 5. The number of rotatable bonds is 8. The maximum atomic E-state index is 13.0. The van der Waals surface area contributed by atoms with E-state index in [1.165, 1.54) is 25.3 Å². The van der Waals surface area contributed by atoms with Crippen molar-refractivity contribution in [3.05, 3.63) is 76.8 Å². The van der Waals surface area contributed by atoms with Crippen LogP contribution >= 0.6 is 11.6 Å². The summed E-state index contributed by atoms with van der Waals surface area (Å²) in [6.07, 6.45) is 0. The largest absolute Gasteiger partial charge is 0.495 e. The van der Waals surface area contributed by atoms with Crippen molar-refractivity contribution < 1.29 is 22.7 Å². The van der Waals surface area contributed by atoms with Gasteiger partial charge in [-0.2, -0.15) is 0 Å². The molecule has 0 saturated carbocycles. The fourth-order valence-electron chi connectivity index (χ4n) is 3.02. The molecule has 0 spiro atoms. The predicted octanol–water partition coefficient (Wildman–Crippen LogP) is 5.39. The minimum Gasteiger partial charge on any atom is -0.495 e. The van der Waals surface area contributed by atoms with Crippen molar-refractivity contribution in [2.45, 2.75) is 31.7 Å². The van der Waals surface area contributed by atoms with Crippen molar-refractivity contribution >= 4 is 33.2 Å². The summed E-state index contributed by atoms with van der Waals surface area (Å²) in [7, 11) is -2.53. The molecular formula is C24H25ClN2O5S. The molecule has 2 N–H and O–H groups in total. The molecule has 33 heavy (non-hydrogen) atoms. The molecule has 0 aromatic heterocycles. The fraction of sp³-hybridized carbons (Fsp3) is 0.208. The highest BCUT2D eigenvalue weighted by molar-refractivity contribution is 7.89. The third-order valence-corrected chi connectivity index (χ3v) is 6.46. The molecule has 0 fully saturated rings. The molecule has 0 aliphatic heterocycles. The van der Waals surface area contributed by atoms with E-state index in [9.17, 15) is 13.2 Å². The molecule has 0 atom stereocenters. The highest BCUT2D eigenvalue weighted by atomic mass is 35.5. The van der Waals surface area contributed by atoms with Gasteiger partial charge in [-0.1, -0.05) is 29.3 Å². The lowest BCUT2D eigenvalue weighted by atomic mass is 10.2. The Morgan fingerprint density at radius 3 is 2.27 bits per heavy atom. The van der Waals surface area contributed by atoms with E-state index >= 15 is 0 Å². The Morgan fingerprint density at radius 2 is 1.64 bits per heavy atom. The van der Waals surface area contributed by atoms with Crippen LogP contribution in [-0.4, -0.2) is 27.5 Å². The Bertz CT molecular complexity index is 1260. The van der Waals surface area contributed by atoms with Crippen LogP contribution in [0.15, 0.2) is 65.6 Å². The summed E-state index contributed by atoms with van der Waals surface area (Å²) in [6.45, 7) is 5.38. The maximum Gasteiger partial charge on any atom is 0.255 e. The number of methoxy groups -OCH3 is 1. The molecular weight excluding hydrogens is 464 g/mol. The number of benzene rings is 3. The first-order valence-electron chi connectivity index (χ1n) is 10.1. The summed E-state index contributed by atoms with van der Waals surface area (Å²) in [6, 6.07) is 16.2. The number of hydrogen-bond donors (Lipinski definition) is 2.